The summed E-state index contributed by atoms with van der Waals surface area (Å²) >= 11 is 0. The van der Waals surface area contributed by atoms with E-state index in [1.54, 1.807) is 31.4 Å². The van der Waals surface area contributed by atoms with E-state index in [-0.39, 0.29) is 11.4 Å². The number of hydrogen-bond donors (Lipinski definition) is 1. The zero-order valence-corrected chi connectivity index (χ0v) is 15.6. The van der Waals surface area contributed by atoms with Gasteiger partial charge in [-0.1, -0.05) is 53.7 Å². The second-order valence-corrected chi connectivity index (χ2v) is 7.40. The summed E-state index contributed by atoms with van der Waals surface area (Å²) in [5.74, 6) is 8.58. The molecule has 0 saturated heterocycles. The van der Waals surface area contributed by atoms with Crippen molar-refractivity contribution in [3.05, 3.63) is 65.2 Å². The highest BCUT2D eigenvalue weighted by molar-refractivity contribution is 7.89. The van der Waals surface area contributed by atoms with E-state index in [1.165, 1.54) is 0 Å². The molecule has 2 aromatic carbocycles. The molecule has 2 rings (SSSR count). The van der Waals surface area contributed by atoms with Crippen molar-refractivity contribution in [2.75, 3.05) is 13.7 Å². The van der Waals surface area contributed by atoms with Crippen molar-refractivity contribution in [1.29, 1.82) is 0 Å². The predicted octanol–water partition coefficient (Wildman–Crippen LogP) is 3.04. The van der Waals surface area contributed by atoms with Crippen molar-refractivity contribution in [2.24, 2.45) is 0 Å². The van der Waals surface area contributed by atoms with E-state index in [0.29, 0.717) is 6.42 Å². The Labute approximate surface area is 155 Å². The quantitative estimate of drug-likeness (QED) is 0.631. The van der Waals surface area contributed by atoms with E-state index < -0.39 is 16.1 Å². The van der Waals surface area contributed by atoms with Crippen LogP contribution in [0.3, 0.4) is 0 Å². The number of rotatable bonds is 6. The maximum atomic E-state index is 12.2. The molecule has 26 heavy (non-hydrogen) atoms. The van der Waals surface area contributed by atoms with Crippen molar-refractivity contribution in [3.63, 3.8) is 0 Å². The number of aryl methyl sites for hydroxylation is 1. The van der Waals surface area contributed by atoms with Crippen LogP contribution < -0.4 is 4.72 Å². The third-order valence-electron chi connectivity index (χ3n) is 3.73. The summed E-state index contributed by atoms with van der Waals surface area (Å²) in [6, 6.07) is 14.2. The van der Waals surface area contributed by atoms with Gasteiger partial charge in [-0.3, -0.25) is 0 Å². The molecule has 0 saturated carbocycles. The van der Waals surface area contributed by atoms with Crippen molar-refractivity contribution in [2.45, 2.75) is 24.3 Å². The molecule has 1 atom stereocenters. The molecule has 0 heterocycles. The average Bonchev–Trinajstić information content (AvgIpc) is 2.64. The van der Waals surface area contributed by atoms with Gasteiger partial charge in [-0.05, 0) is 25.1 Å². The molecule has 1 unspecified atom stereocenters. The summed E-state index contributed by atoms with van der Waals surface area (Å²) in [7, 11) is -1.97. The Balaban J connectivity index is 2.00. The maximum Gasteiger partial charge on any atom is 0.240 e. The van der Waals surface area contributed by atoms with Gasteiger partial charge in [0, 0.05) is 31.2 Å². The van der Waals surface area contributed by atoms with E-state index in [4.69, 9.17) is 11.2 Å². The van der Waals surface area contributed by atoms with E-state index in [0.717, 1.165) is 16.7 Å². The Kier molecular flexibility index (Phi) is 7.00. The molecule has 0 amide bonds. The maximum absolute atomic E-state index is 12.2. The zero-order chi connectivity index (χ0) is 19.0. The first kappa shape index (κ1) is 19.8. The van der Waals surface area contributed by atoms with Gasteiger partial charge in [-0.15, -0.1) is 6.42 Å². The van der Waals surface area contributed by atoms with Gasteiger partial charge >= 0.3 is 0 Å². The fourth-order valence-corrected chi connectivity index (χ4v) is 3.36. The highest BCUT2D eigenvalue weighted by atomic mass is 32.2. The summed E-state index contributed by atoms with van der Waals surface area (Å²) in [5, 5.41) is 0. The van der Waals surface area contributed by atoms with Crippen molar-refractivity contribution in [3.8, 4) is 24.2 Å². The lowest BCUT2D eigenvalue weighted by Crippen LogP contribution is -2.24. The van der Waals surface area contributed by atoms with Gasteiger partial charge < -0.3 is 4.74 Å². The Hall–Kier alpha value is -2.57. The fraction of sp³-hybridized carbons (Fsp3) is 0.238. The van der Waals surface area contributed by atoms with Crippen LogP contribution in [0.15, 0.2) is 53.4 Å². The van der Waals surface area contributed by atoms with Gasteiger partial charge in [0.15, 0.2) is 0 Å². The normalized spacial score (nSPS) is 11.9. The SMILES string of the molecule is C#CC(OC)c1ccccc1C#CCCNS(=O)(=O)c1ccc(C)cc1. The molecule has 1 N–H and O–H groups in total. The zero-order valence-electron chi connectivity index (χ0n) is 14.8. The van der Waals surface area contributed by atoms with Crippen LogP contribution in [-0.4, -0.2) is 22.1 Å². The Bertz CT molecular complexity index is 945. The first-order chi connectivity index (χ1) is 12.5. The van der Waals surface area contributed by atoms with Crippen LogP contribution in [0.2, 0.25) is 0 Å². The van der Waals surface area contributed by atoms with Gasteiger partial charge in [-0.2, -0.15) is 0 Å². The number of terminal acetylenes is 1. The summed E-state index contributed by atoms with van der Waals surface area (Å²) < 4.78 is 32.2. The van der Waals surface area contributed by atoms with E-state index in [2.05, 4.69) is 22.5 Å². The summed E-state index contributed by atoms with van der Waals surface area (Å²) in [5.41, 5.74) is 2.61. The predicted molar refractivity (Wildman–Crippen MR) is 103 cm³/mol. The van der Waals surface area contributed by atoms with Crippen LogP contribution >= 0.6 is 0 Å². The molecule has 134 valence electrons. The standard InChI is InChI=1S/C21H21NO3S/c1-4-21(25-3)20-11-6-5-9-18(20)10-7-8-16-22-26(23,24)19-14-12-17(2)13-15-19/h1,5-6,9,11-15,21-22H,8,16H2,2-3H3. The molecule has 0 fully saturated rings. The number of sulfonamides is 1. The lowest BCUT2D eigenvalue weighted by Gasteiger charge is -2.10. The minimum Gasteiger partial charge on any atom is -0.364 e. The number of ether oxygens (including phenoxy) is 1. The number of methoxy groups -OCH3 is 1. The number of nitrogens with one attached hydrogen (secondary N) is 1. The molecule has 4 nitrogen and oxygen atoms in total. The van der Waals surface area contributed by atoms with Crippen LogP contribution in [0.25, 0.3) is 0 Å². The molecule has 0 aliphatic carbocycles. The van der Waals surface area contributed by atoms with Crippen LogP contribution in [0.5, 0.6) is 0 Å². The summed E-state index contributed by atoms with van der Waals surface area (Å²) in [4.78, 5) is 0.248. The first-order valence-electron chi connectivity index (χ1n) is 8.11. The van der Waals surface area contributed by atoms with Gasteiger partial charge in [0.05, 0.1) is 4.90 Å². The molecular weight excluding hydrogens is 346 g/mol. The third-order valence-corrected chi connectivity index (χ3v) is 5.20. The number of hydrogen-bond acceptors (Lipinski definition) is 3. The molecule has 0 aromatic heterocycles. The van der Waals surface area contributed by atoms with Crippen LogP contribution in [0.4, 0.5) is 0 Å². The molecule has 5 heteroatoms. The van der Waals surface area contributed by atoms with E-state index in [1.807, 2.05) is 31.2 Å². The third kappa shape index (κ3) is 5.21. The van der Waals surface area contributed by atoms with E-state index in [9.17, 15) is 8.42 Å². The lowest BCUT2D eigenvalue weighted by atomic mass is 10.0. The van der Waals surface area contributed by atoms with Crippen molar-refractivity contribution < 1.29 is 13.2 Å². The minimum atomic E-state index is -3.52. The molecule has 0 bridgehead atoms. The molecule has 0 aliphatic rings. The molecular formula is C21H21NO3S. The largest absolute Gasteiger partial charge is 0.364 e. The topological polar surface area (TPSA) is 55.4 Å². The Morgan fingerprint density at radius 3 is 2.50 bits per heavy atom. The van der Waals surface area contributed by atoms with Crippen molar-refractivity contribution >= 4 is 10.0 Å². The van der Waals surface area contributed by atoms with Crippen molar-refractivity contribution in [1.82, 2.24) is 4.72 Å². The second kappa shape index (κ2) is 9.22. The van der Waals surface area contributed by atoms with Gasteiger partial charge in [-0.25, -0.2) is 13.1 Å². The summed E-state index contributed by atoms with van der Waals surface area (Å²) in [6.07, 6.45) is 5.40. The smallest absolute Gasteiger partial charge is 0.240 e. The van der Waals surface area contributed by atoms with Gasteiger partial charge in [0.1, 0.15) is 6.10 Å². The van der Waals surface area contributed by atoms with Gasteiger partial charge in [0.2, 0.25) is 10.0 Å². The molecule has 0 aliphatic heterocycles. The highest BCUT2D eigenvalue weighted by Gasteiger charge is 2.12. The minimum absolute atomic E-state index is 0.230. The van der Waals surface area contributed by atoms with Crippen LogP contribution in [-0.2, 0) is 14.8 Å². The van der Waals surface area contributed by atoms with Gasteiger partial charge in [0.25, 0.3) is 0 Å². The first-order valence-corrected chi connectivity index (χ1v) is 9.59. The van der Waals surface area contributed by atoms with Crippen LogP contribution in [0, 0.1) is 31.1 Å². The van der Waals surface area contributed by atoms with E-state index >= 15 is 0 Å². The average molecular weight is 367 g/mol. The molecule has 2 aromatic rings. The molecule has 0 radical (unpaired) electrons. The monoisotopic (exact) mass is 367 g/mol. The lowest BCUT2D eigenvalue weighted by molar-refractivity contribution is 0.150. The Morgan fingerprint density at radius 1 is 1.15 bits per heavy atom. The fourth-order valence-electron chi connectivity index (χ4n) is 2.33. The number of benzene rings is 2. The highest BCUT2D eigenvalue weighted by Crippen LogP contribution is 2.19. The molecule has 0 spiro atoms. The summed E-state index contributed by atoms with van der Waals surface area (Å²) in [6.45, 7) is 2.14. The second-order valence-electron chi connectivity index (χ2n) is 5.63. The Morgan fingerprint density at radius 2 is 1.85 bits per heavy atom. The van der Waals surface area contributed by atoms with Crippen LogP contribution in [0.1, 0.15) is 29.2 Å².